The number of allylic oxidation sites excluding steroid dienone is 2. The first kappa shape index (κ1) is 25.6. The molecule has 2 aromatic rings. The lowest BCUT2D eigenvalue weighted by atomic mass is 9.86. The van der Waals surface area contributed by atoms with E-state index in [0.717, 1.165) is 37.1 Å². The Kier molecular flexibility index (Phi) is 8.28. The second kappa shape index (κ2) is 11.0. The lowest BCUT2D eigenvalue weighted by Crippen LogP contribution is -2.29. The number of hydrogen-bond donors (Lipinski definition) is 0. The standard InChI is InChI=1S/C25H23F7O2/c1-2-3-15-4-6-17(7-5-15)25(31,32)34-18-8-9-19(20(26)14-18)16-12-21(27)24(22(28)13-16)33-11-10-23(29)30/h6,8-15,23H,2-5,7H2,1H3. The smallest absolute Gasteiger partial charge is 0.422 e. The van der Waals surface area contributed by atoms with Gasteiger partial charge in [-0.15, -0.1) is 0 Å². The number of benzene rings is 2. The maximum atomic E-state index is 14.6. The molecular formula is C25H23F7O2. The molecule has 0 N–H and O–H groups in total. The zero-order chi connectivity index (χ0) is 24.9. The van der Waals surface area contributed by atoms with Crippen LogP contribution < -0.4 is 9.47 Å². The number of hydrogen-bond acceptors (Lipinski definition) is 2. The Morgan fingerprint density at radius 1 is 1.06 bits per heavy atom. The number of ether oxygens (including phenoxy) is 2. The SMILES string of the molecule is CCCC1CC=C(C(F)(F)Oc2ccc(-c3cc(F)c(OC=CC(F)F)c(F)c3)c(F)c2)CC1. The van der Waals surface area contributed by atoms with Crippen molar-refractivity contribution in [3.05, 3.63) is 71.8 Å². The Labute approximate surface area is 192 Å². The molecule has 1 aliphatic rings. The van der Waals surface area contributed by atoms with Crippen molar-refractivity contribution in [1.29, 1.82) is 0 Å². The molecule has 0 saturated carbocycles. The van der Waals surface area contributed by atoms with Crippen molar-refractivity contribution in [1.82, 2.24) is 0 Å². The zero-order valence-electron chi connectivity index (χ0n) is 18.3. The molecule has 2 aromatic carbocycles. The van der Waals surface area contributed by atoms with E-state index in [2.05, 4.69) is 4.74 Å². The minimum atomic E-state index is -3.62. The van der Waals surface area contributed by atoms with E-state index in [0.29, 0.717) is 31.1 Å². The summed E-state index contributed by atoms with van der Waals surface area (Å²) in [6.07, 6.45) is -1.02. The van der Waals surface area contributed by atoms with Crippen molar-refractivity contribution >= 4 is 0 Å². The van der Waals surface area contributed by atoms with Crippen LogP contribution in [0.15, 0.2) is 54.3 Å². The largest absolute Gasteiger partial charge is 0.459 e. The van der Waals surface area contributed by atoms with E-state index < -0.39 is 41.5 Å². The first-order valence-electron chi connectivity index (χ1n) is 10.8. The molecule has 0 radical (unpaired) electrons. The number of rotatable bonds is 9. The fourth-order valence-electron chi connectivity index (χ4n) is 3.82. The van der Waals surface area contributed by atoms with Gasteiger partial charge >= 0.3 is 6.11 Å². The van der Waals surface area contributed by atoms with Crippen LogP contribution in [0.5, 0.6) is 11.5 Å². The third-order valence-electron chi connectivity index (χ3n) is 5.50. The summed E-state index contributed by atoms with van der Waals surface area (Å²) in [5, 5.41) is 0. The molecule has 0 amide bonds. The third-order valence-corrected chi connectivity index (χ3v) is 5.50. The van der Waals surface area contributed by atoms with Gasteiger partial charge in [0.05, 0.1) is 6.26 Å². The van der Waals surface area contributed by atoms with Crippen LogP contribution in [-0.4, -0.2) is 12.5 Å². The van der Waals surface area contributed by atoms with E-state index in [1.165, 1.54) is 6.08 Å². The van der Waals surface area contributed by atoms with Crippen LogP contribution in [0.25, 0.3) is 11.1 Å². The van der Waals surface area contributed by atoms with Gasteiger partial charge in [-0.1, -0.05) is 25.8 Å². The van der Waals surface area contributed by atoms with Crippen LogP contribution in [0.4, 0.5) is 30.7 Å². The van der Waals surface area contributed by atoms with Crippen molar-refractivity contribution in [3.8, 4) is 22.6 Å². The van der Waals surface area contributed by atoms with Gasteiger partial charge in [0.15, 0.2) is 17.4 Å². The molecule has 0 heterocycles. The highest BCUT2D eigenvalue weighted by molar-refractivity contribution is 5.66. The number of halogens is 7. The molecule has 1 atom stereocenters. The molecule has 3 rings (SSSR count). The zero-order valence-corrected chi connectivity index (χ0v) is 18.3. The summed E-state index contributed by atoms with van der Waals surface area (Å²) < 4.78 is 106. The van der Waals surface area contributed by atoms with Crippen molar-refractivity contribution in [3.63, 3.8) is 0 Å². The molecule has 2 nitrogen and oxygen atoms in total. The Morgan fingerprint density at radius 2 is 1.76 bits per heavy atom. The summed E-state index contributed by atoms with van der Waals surface area (Å²) in [6.45, 7) is 2.04. The average Bonchev–Trinajstić information content (AvgIpc) is 2.76. The lowest BCUT2D eigenvalue weighted by molar-refractivity contribution is -0.145. The quantitative estimate of drug-likeness (QED) is 0.200. The monoisotopic (exact) mass is 488 g/mol. The van der Waals surface area contributed by atoms with E-state index in [-0.39, 0.29) is 29.2 Å². The van der Waals surface area contributed by atoms with E-state index in [9.17, 15) is 30.7 Å². The Hall–Kier alpha value is -2.97. The van der Waals surface area contributed by atoms with E-state index >= 15 is 0 Å². The molecule has 184 valence electrons. The molecule has 0 bridgehead atoms. The minimum absolute atomic E-state index is 0.162. The van der Waals surface area contributed by atoms with Crippen molar-refractivity contribution in [2.24, 2.45) is 5.92 Å². The van der Waals surface area contributed by atoms with Gasteiger partial charge in [0, 0.05) is 23.3 Å². The molecule has 0 spiro atoms. The normalized spacial score (nSPS) is 16.7. The summed E-state index contributed by atoms with van der Waals surface area (Å²) >= 11 is 0. The maximum Gasteiger partial charge on any atom is 0.422 e. The van der Waals surface area contributed by atoms with Gasteiger partial charge in [0.25, 0.3) is 6.43 Å². The minimum Gasteiger partial charge on any atom is -0.459 e. The molecule has 9 heteroatoms. The maximum absolute atomic E-state index is 14.6. The molecule has 0 fully saturated rings. The van der Waals surface area contributed by atoms with Crippen molar-refractivity contribution in [2.45, 2.75) is 51.6 Å². The Balaban J connectivity index is 1.76. The van der Waals surface area contributed by atoms with Gasteiger partial charge in [0.1, 0.15) is 11.6 Å². The molecule has 0 aromatic heterocycles. The van der Waals surface area contributed by atoms with Gasteiger partial charge < -0.3 is 9.47 Å². The van der Waals surface area contributed by atoms with E-state index in [1.54, 1.807) is 0 Å². The molecule has 1 unspecified atom stereocenters. The highest BCUT2D eigenvalue weighted by Gasteiger charge is 2.38. The fourth-order valence-corrected chi connectivity index (χ4v) is 3.82. The third kappa shape index (κ3) is 6.33. The van der Waals surface area contributed by atoms with E-state index in [1.807, 2.05) is 6.92 Å². The molecular weight excluding hydrogens is 465 g/mol. The van der Waals surface area contributed by atoms with Gasteiger partial charge in [-0.2, -0.15) is 8.78 Å². The second-order valence-electron chi connectivity index (χ2n) is 7.97. The first-order valence-corrected chi connectivity index (χ1v) is 10.8. The van der Waals surface area contributed by atoms with Crippen LogP contribution in [0.2, 0.25) is 0 Å². The number of alkyl halides is 4. The second-order valence-corrected chi connectivity index (χ2v) is 7.97. The van der Waals surface area contributed by atoms with Crippen molar-refractivity contribution < 1.29 is 40.2 Å². The summed E-state index contributed by atoms with van der Waals surface area (Å²) in [5.74, 6) is -4.58. The predicted molar refractivity (Wildman–Crippen MR) is 113 cm³/mol. The Bertz CT molecular complexity index is 1040. The molecule has 0 saturated heterocycles. The molecule has 1 aliphatic carbocycles. The summed E-state index contributed by atoms with van der Waals surface area (Å²) in [5.41, 5.74) is -0.680. The van der Waals surface area contributed by atoms with Gasteiger partial charge in [0.2, 0.25) is 0 Å². The fraction of sp³-hybridized carbons (Fsp3) is 0.360. The van der Waals surface area contributed by atoms with E-state index in [4.69, 9.17) is 4.74 Å². The van der Waals surface area contributed by atoms with Crippen LogP contribution >= 0.6 is 0 Å². The summed E-state index contributed by atoms with van der Waals surface area (Å²) in [6, 6.07) is 4.31. The molecule has 0 aliphatic heterocycles. The average molecular weight is 488 g/mol. The van der Waals surface area contributed by atoms with Crippen LogP contribution in [0.3, 0.4) is 0 Å². The van der Waals surface area contributed by atoms with Crippen LogP contribution in [0.1, 0.15) is 39.0 Å². The van der Waals surface area contributed by atoms with Crippen LogP contribution in [-0.2, 0) is 0 Å². The topological polar surface area (TPSA) is 18.5 Å². The van der Waals surface area contributed by atoms with Gasteiger partial charge in [-0.05, 0) is 55.0 Å². The summed E-state index contributed by atoms with van der Waals surface area (Å²) in [7, 11) is 0. The van der Waals surface area contributed by atoms with Gasteiger partial charge in [-0.25, -0.2) is 22.0 Å². The highest BCUT2D eigenvalue weighted by atomic mass is 19.3. The Morgan fingerprint density at radius 3 is 2.32 bits per heavy atom. The van der Waals surface area contributed by atoms with Crippen LogP contribution in [0, 0.1) is 23.4 Å². The first-order chi connectivity index (χ1) is 16.1. The lowest BCUT2D eigenvalue weighted by Gasteiger charge is -2.27. The highest BCUT2D eigenvalue weighted by Crippen LogP contribution is 2.38. The summed E-state index contributed by atoms with van der Waals surface area (Å²) in [4.78, 5) is 0. The van der Waals surface area contributed by atoms with Gasteiger partial charge in [-0.3, -0.25) is 0 Å². The molecule has 34 heavy (non-hydrogen) atoms. The predicted octanol–water partition coefficient (Wildman–Crippen LogP) is 8.43. The van der Waals surface area contributed by atoms with Crippen molar-refractivity contribution in [2.75, 3.05) is 0 Å².